The number of alkyl halides is 3. The molecule has 10 heteroatoms. The summed E-state index contributed by atoms with van der Waals surface area (Å²) in [6.45, 7) is 1.44. The maximum absolute atomic E-state index is 12.9. The molecule has 0 unspecified atom stereocenters. The smallest absolute Gasteiger partial charge is 0.244 e. The summed E-state index contributed by atoms with van der Waals surface area (Å²) in [5.74, 6) is 0. The van der Waals surface area contributed by atoms with E-state index in [0.717, 1.165) is 12.3 Å². The standard InChI is InChI=1S/C13H11ClF3N3O2S/c1-8-5-9(6-19-11(8)14)7-20-23(21,22)12-10(13(15,16)17)3-2-4-18-12/h2-6,20H,7H2,1H3. The van der Waals surface area contributed by atoms with Crippen LogP contribution in [0, 0.1) is 6.92 Å². The molecule has 0 atom stereocenters. The Morgan fingerprint density at radius 2 is 2.00 bits per heavy atom. The lowest BCUT2D eigenvalue weighted by molar-refractivity contribution is -0.140. The third-order valence-corrected chi connectivity index (χ3v) is 4.62. The van der Waals surface area contributed by atoms with E-state index in [0.29, 0.717) is 17.2 Å². The van der Waals surface area contributed by atoms with Crippen LogP contribution in [-0.4, -0.2) is 18.4 Å². The van der Waals surface area contributed by atoms with Crippen LogP contribution in [0.15, 0.2) is 35.6 Å². The number of hydrogen-bond donors (Lipinski definition) is 1. The Labute approximate surface area is 135 Å². The Morgan fingerprint density at radius 1 is 1.30 bits per heavy atom. The molecule has 0 aliphatic rings. The fourth-order valence-corrected chi connectivity index (χ4v) is 3.05. The second kappa shape index (κ2) is 6.42. The quantitative estimate of drug-likeness (QED) is 0.845. The zero-order chi connectivity index (χ0) is 17.3. The van der Waals surface area contributed by atoms with Gasteiger partial charge in [-0.3, -0.25) is 0 Å². The molecule has 0 spiro atoms. The summed E-state index contributed by atoms with van der Waals surface area (Å²) in [4.78, 5) is 7.20. The first-order valence-corrected chi connectivity index (χ1v) is 8.10. The maximum Gasteiger partial charge on any atom is 0.419 e. The summed E-state index contributed by atoms with van der Waals surface area (Å²) < 4.78 is 64.9. The minimum Gasteiger partial charge on any atom is -0.244 e. The fourth-order valence-electron chi connectivity index (χ4n) is 1.78. The van der Waals surface area contributed by atoms with Crippen molar-refractivity contribution in [1.82, 2.24) is 14.7 Å². The molecule has 0 aliphatic heterocycles. The van der Waals surface area contributed by atoms with Crippen molar-refractivity contribution in [2.75, 3.05) is 0 Å². The van der Waals surface area contributed by atoms with Gasteiger partial charge in [0, 0.05) is 18.9 Å². The van der Waals surface area contributed by atoms with Gasteiger partial charge in [-0.1, -0.05) is 17.7 Å². The average molecular weight is 366 g/mol. The second-order valence-electron chi connectivity index (χ2n) is 4.63. The molecule has 0 aliphatic carbocycles. The Hall–Kier alpha value is -1.71. The van der Waals surface area contributed by atoms with E-state index in [9.17, 15) is 21.6 Å². The second-order valence-corrected chi connectivity index (χ2v) is 6.67. The van der Waals surface area contributed by atoms with Crippen molar-refractivity contribution >= 4 is 21.6 Å². The molecule has 0 saturated carbocycles. The summed E-state index contributed by atoms with van der Waals surface area (Å²) in [5.41, 5.74) is -0.241. The van der Waals surface area contributed by atoms with Gasteiger partial charge in [0.05, 0.1) is 5.56 Å². The Morgan fingerprint density at radius 3 is 2.61 bits per heavy atom. The number of aryl methyl sites for hydroxylation is 1. The molecule has 0 amide bonds. The highest BCUT2D eigenvalue weighted by Gasteiger charge is 2.37. The molecule has 5 nitrogen and oxygen atoms in total. The lowest BCUT2D eigenvalue weighted by atomic mass is 10.2. The van der Waals surface area contributed by atoms with E-state index in [4.69, 9.17) is 11.6 Å². The number of sulfonamides is 1. The predicted octanol–water partition coefficient (Wildman–Crippen LogP) is 2.94. The fraction of sp³-hybridized carbons (Fsp3) is 0.231. The van der Waals surface area contributed by atoms with Crippen molar-refractivity contribution in [3.05, 3.63) is 52.4 Å². The summed E-state index contributed by atoms with van der Waals surface area (Å²) in [5, 5.41) is -0.799. The molecule has 23 heavy (non-hydrogen) atoms. The first-order chi connectivity index (χ1) is 10.6. The number of aromatic nitrogens is 2. The van der Waals surface area contributed by atoms with E-state index in [-0.39, 0.29) is 11.7 Å². The predicted molar refractivity (Wildman–Crippen MR) is 77.2 cm³/mol. The van der Waals surface area contributed by atoms with Crippen molar-refractivity contribution in [1.29, 1.82) is 0 Å². The molecule has 0 saturated heterocycles. The summed E-state index contributed by atoms with van der Waals surface area (Å²) >= 11 is 5.75. The Balaban J connectivity index is 2.28. The summed E-state index contributed by atoms with van der Waals surface area (Å²) in [7, 11) is -4.44. The zero-order valence-corrected chi connectivity index (χ0v) is 13.3. The van der Waals surface area contributed by atoms with Gasteiger partial charge in [-0.05, 0) is 30.2 Å². The third kappa shape index (κ3) is 4.18. The molecule has 2 rings (SSSR count). The number of nitrogens with zero attached hydrogens (tertiary/aromatic N) is 2. The van der Waals surface area contributed by atoms with Gasteiger partial charge in [-0.25, -0.2) is 23.1 Å². The van der Waals surface area contributed by atoms with E-state index in [1.54, 1.807) is 13.0 Å². The number of halogens is 4. The van der Waals surface area contributed by atoms with Crippen LogP contribution in [0.5, 0.6) is 0 Å². The van der Waals surface area contributed by atoms with Gasteiger partial charge < -0.3 is 0 Å². The Kier molecular flexibility index (Phi) is 4.92. The van der Waals surface area contributed by atoms with Crippen molar-refractivity contribution in [3.8, 4) is 0 Å². The summed E-state index contributed by atoms with van der Waals surface area (Å²) in [6.07, 6.45) is -2.50. The Bertz CT molecular complexity index is 825. The average Bonchev–Trinajstić information content (AvgIpc) is 2.48. The van der Waals surface area contributed by atoms with Gasteiger partial charge in [-0.15, -0.1) is 0 Å². The largest absolute Gasteiger partial charge is 0.419 e. The number of rotatable bonds is 4. The lowest BCUT2D eigenvalue weighted by Gasteiger charge is -2.12. The molecule has 0 radical (unpaired) electrons. The van der Waals surface area contributed by atoms with Crippen molar-refractivity contribution < 1.29 is 21.6 Å². The van der Waals surface area contributed by atoms with Gasteiger partial charge >= 0.3 is 6.18 Å². The van der Waals surface area contributed by atoms with Crippen molar-refractivity contribution in [2.24, 2.45) is 0 Å². The van der Waals surface area contributed by atoms with E-state index < -0.39 is 26.8 Å². The molecule has 0 fully saturated rings. The van der Waals surface area contributed by atoms with Crippen molar-refractivity contribution in [3.63, 3.8) is 0 Å². The van der Waals surface area contributed by atoms with E-state index >= 15 is 0 Å². The highest BCUT2D eigenvalue weighted by atomic mass is 35.5. The molecular formula is C13H11ClF3N3O2S. The van der Waals surface area contributed by atoms with E-state index in [2.05, 4.69) is 14.7 Å². The van der Waals surface area contributed by atoms with Crippen LogP contribution in [0.25, 0.3) is 0 Å². The molecule has 124 valence electrons. The molecule has 0 bridgehead atoms. The minimum atomic E-state index is -4.82. The van der Waals surface area contributed by atoms with Gasteiger partial charge in [0.25, 0.3) is 10.0 Å². The maximum atomic E-state index is 12.9. The normalized spacial score (nSPS) is 12.4. The minimum absolute atomic E-state index is 0.235. The van der Waals surface area contributed by atoms with Gasteiger partial charge in [0.15, 0.2) is 5.03 Å². The van der Waals surface area contributed by atoms with E-state index in [1.165, 1.54) is 6.20 Å². The molecular weight excluding hydrogens is 355 g/mol. The van der Waals surface area contributed by atoms with Crippen LogP contribution in [0.1, 0.15) is 16.7 Å². The molecule has 0 aromatic carbocycles. The van der Waals surface area contributed by atoms with Gasteiger partial charge in [0.1, 0.15) is 5.15 Å². The highest BCUT2D eigenvalue weighted by Crippen LogP contribution is 2.32. The molecule has 2 aromatic rings. The van der Waals surface area contributed by atoms with E-state index in [1.807, 2.05) is 0 Å². The van der Waals surface area contributed by atoms with Crippen LogP contribution in [0.4, 0.5) is 13.2 Å². The monoisotopic (exact) mass is 365 g/mol. The number of pyridine rings is 2. The molecule has 1 N–H and O–H groups in total. The topological polar surface area (TPSA) is 72.0 Å². The molecule has 2 aromatic heterocycles. The highest BCUT2D eigenvalue weighted by molar-refractivity contribution is 7.89. The molecule has 2 heterocycles. The SMILES string of the molecule is Cc1cc(CNS(=O)(=O)c2ncccc2C(F)(F)F)cnc1Cl. The third-order valence-electron chi connectivity index (χ3n) is 2.87. The summed E-state index contributed by atoms with van der Waals surface area (Å²) in [6, 6.07) is 3.27. The van der Waals surface area contributed by atoms with Gasteiger partial charge in [-0.2, -0.15) is 13.2 Å². The first kappa shape index (κ1) is 17.6. The van der Waals surface area contributed by atoms with Crippen LogP contribution in [-0.2, 0) is 22.7 Å². The van der Waals surface area contributed by atoms with Crippen molar-refractivity contribution in [2.45, 2.75) is 24.7 Å². The number of hydrogen-bond acceptors (Lipinski definition) is 4. The van der Waals surface area contributed by atoms with Crippen LogP contribution < -0.4 is 4.72 Å². The number of nitrogens with one attached hydrogen (secondary N) is 1. The van der Waals surface area contributed by atoms with Crippen LogP contribution >= 0.6 is 11.6 Å². The van der Waals surface area contributed by atoms with Crippen LogP contribution in [0.3, 0.4) is 0 Å². The van der Waals surface area contributed by atoms with Crippen LogP contribution in [0.2, 0.25) is 5.15 Å². The first-order valence-electron chi connectivity index (χ1n) is 6.24. The lowest BCUT2D eigenvalue weighted by Crippen LogP contribution is -2.27. The zero-order valence-electron chi connectivity index (χ0n) is 11.7. The van der Waals surface area contributed by atoms with Gasteiger partial charge in [0.2, 0.25) is 0 Å².